The number of rotatable bonds is 3. The van der Waals surface area contributed by atoms with Gasteiger partial charge in [-0.1, -0.05) is 18.2 Å². The van der Waals surface area contributed by atoms with Gasteiger partial charge in [-0.2, -0.15) is 0 Å². The Labute approximate surface area is 139 Å². The summed E-state index contributed by atoms with van der Waals surface area (Å²) in [6, 6.07) is 11.1. The molecule has 3 aromatic rings. The monoisotopic (exact) mass is 344 g/mol. The van der Waals surface area contributed by atoms with E-state index in [2.05, 4.69) is 0 Å². The third-order valence-electron chi connectivity index (χ3n) is 3.99. The molecule has 3 rings (SSSR count). The Bertz CT molecular complexity index is 1090. The molecule has 2 aromatic carbocycles. The fraction of sp³-hybridized carbons (Fsp3) is 0.167. The first-order chi connectivity index (χ1) is 11.3. The quantitative estimate of drug-likeness (QED) is 0.682. The van der Waals surface area contributed by atoms with E-state index in [0.29, 0.717) is 11.1 Å². The number of aryl methyl sites for hydroxylation is 2. The second-order valence-electron chi connectivity index (χ2n) is 5.53. The number of sulfone groups is 1. The van der Waals surface area contributed by atoms with Gasteiger partial charge in [-0.25, -0.2) is 13.2 Å². The van der Waals surface area contributed by atoms with Gasteiger partial charge in [0.15, 0.2) is 16.2 Å². The van der Waals surface area contributed by atoms with E-state index in [1.54, 1.807) is 30.3 Å². The summed E-state index contributed by atoms with van der Waals surface area (Å²) in [6.07, 6.45) is 0. The minimum Gasteiger partial charge on any atom is -0.493 e. The van der Waals surface area contributed by atoms with Gasteiger partial charge >= 0.3 is 5.63 Å². The summed E-state index contributed by atoms with van der Waals surface area (Å²) in [5.74, 6) is 0.375. The lowest BCUT2D eigenvalue weighted by molar-refractivity contribution is 0.405. The summed E-state index contributed by atoms with van der Waals surface area (Å²) >= 11 is 0. The van der Waals surface area contributed by atoms with Crippen molar-refractivity contribution in [2.24, 2.45) is 0 Å². The third-order valence-corrected chi connectivity index (χ3v) is 5.73. The van der Waals surface area contributed by atoms with Gasteiger partial charge in [-0.05, 0) is 49.2 Å². The van der Waals surface area contributed by atoms with Gasteiger partial charge in [0, 0.05) is 5.39 Å². The van der Waals surface area contributed by atoms with Gasteiger partial charge in [-0.3, -0.25) is 0 Å². The largest absolute Gasteiger partial charge is 0.493 e. The highest BCUT2D eigenvalue weighted by Crippen LogP contribution is 2.28. The number of methoxy groups -OCH3 is 1. The van der Waals surface area contributed by atoms with Gasteiger partial charge in [-0.15, -0.1) is 0 Å². The molecule has 1 heterocycles. The fourth-order valence-electron chi connectivity index (χ4n) is 2.45. The SMILES string of the molecule is COc1cccc2cc(S(=O)(=O)c3ccc(C)c(C)c3)c(=O)oc12. The van der Waals surface area contributed by atoms with E-state index in [1.807, 2.05) is 13.8 Å². The van der Waals surface area contributed by atoms with Crippen molar-refractivity contribution >= 4 is 20.8 Å². The number of hydrogen-bond donors (Lipinski definition) is 0. The van der Waals surface area contributed by atoms with E-state index in [1.165, 1.54) is 19.2 Å². The molecule has 0 aliphatic rings. The molecule has 1 aromatic heterocycles. The highest BCUT2D eigenvalue weighted by molar-refractivity contribution is 7.91. The van der Waals surface area contributed by atoms with Crippen LogP contribution >= 0.6 is 0 Å². The predicted octanol–water partition coefficient (Wildman–Crippen LogP) is 3.25. The van der Waals surface area contributed by atoms with Crippen LogP contribution in [0.2, 0.25) is 0 Å². The first-order valence-corrected chi connectivity index (χ1v) is 8.76. The van der Waals surface area contributed by atoms with E-state index < -0.39 is 15.5 Å². The van der Waals surface area contributed by atoms with Crippen molar-refractivity contribution < 1.29 is 17.6 Å². The molecule has 0 amide bonds. The fourth-order valence-corrected chi connectivity index (χ4v) is 3.83. The molecule has 0 bridgehead atoms. The first-order valence-electron chi connectivity index (χ1n) is 7.28. The van der Waals surface area contributed by atoms with Crippen molar-refractivity contribution in [3.05, 3.63) is 64.0 Å². The van der Waals surface area contributed by atoms with Crippen LogP contribution in [0.15, 0.2) is 61.5 Å². The minimum atomic E-state index is -3.97. The number of fused-ring (bicyclic) bond motifs is 1. The molecule has 0 radical (unpaired) electrons. The van der Waals surface area contributed by atoms with Crippen molar-refractivity contribution in [1.82, 2.24) is 0 Å². The summed E-state index contributed by atoms with van der Waals surface area (Å²) in [4.78, 5) is 12.0. The lowest BCUT2D eigenvalue weighted by atomic mass is 10.1. The van der Waals surface area contributed by atoms with Crippen LogP contribution in [0.1, 0.15) is 11.1 Å². The van der Waals surface area contributed by atoms with Gasteiger partial charge in [0.1, 0.15) is 0 Å². The summed E-state index contributed by atoms with van der Waals surface area (Å²) in [7, 11) is -2.51. The van der Waals surface area contributed by atoms with E-state index >= 15 is 0 Å². The number of para-hydroxylation sites is 1. The van der Waals surface area contributed by atoms with Crippen LogP contribution in [-0.2, 0) is 9.84 Å². The van der Waals surface area contributed by atoms with Crippen LogP contribution in [0, 0.1) is 13.8 Å². The highest BCUT2D eigenvalue weighted by Gasteiger charge is 2.24. The van der Waals surface area contributed by atoms with Crippen LogP contribution in [0.4, 0.5) is 0 Å². The minimum absolute atomic E-state index is 0.0696. The van der Waals surface area contributed by atoms with Crippen molar-refractivity contribution in [3.8, 4) is 5.75 Å². The standard InChI is InChI=1S/C18H16O5S/c1-11-7-8-14(9-12(11)2)24(20,21)16-10-13-5-4-6-15(22-3)17(13)23-18(16)19/h4-10H,1-3H3. The third kappa shape index (κ3) is 2.59. The highest BCUT2D eigenvalue weighted by atomic mass is 32.2. The molecule has 0 fully saturated rings. The molecule has 0 atom stereocenters. The normalized spacial score (nSPS) is 11.6. The van der Waals surface area contributed by atoms with Crippen molar-refractivity contribution in [1.29, 1.82) is 0 Å². The zero-order chi connectivity index (χ0) is 17.5. The smallest absolute Gasteiger partial charge is 0.355 e. The topological polar surface area (TPSA) is 73.6 Å². The summed E-state index contributed by atoms with van der Waals surface area (Å²) < 4.78 is 36.0. The van der Waals surface area contributed by atoms with Crippen LogP contribution in [0.25, 0.3) is 11.0 Å². The maximum Gasteiger partial charge on any atom is 0.355 e. The molecule has 24 heavy (non-hydrogen) atoms. The number of benzene rings is 2. The Hall–Kier alpha value is -2.60. The Morgan fingerprint density at radius 3 is 2.42 bits per heavy atom. The average molecular weight is 344 g/mol. The van der Waals surface area contributed by atoms with Crippen molar-refractivity contribution in [2.45, 2.75) is 23.6 Å². The van der Waals surface area contributed by atoms with Gasteiger partial charge in [0.05, 0.1) is 12.0 Å². The maximum atomic E-state index is 12.8. The number of hydrogen-bond acceptors (Lipinski definition) is 5. The van der Waals surface area contributed by atoms with Crippen LogP contribution in [0.5, 0.6) is 5.75 Å². The molecule has 0 aliphatic heterocycles. The second-order valence-corrected chi connectivity index (χ2v) is 7.44. The molecule has 5 nitrogen and oxygen atoms in total. The van der Waals surface area contributed by atoms with E-state index in [-0.39, 0.29) is 15.4 Å². The molecule has 0 spiro atoms. The van der Waals surface area contributed by atoms with Crippen molar-refractivity contribution in [2.75, 3.05) is 7.11 Å². The molecular weight excluding hydrogens is 328 g/mol. The van der Waals surface area contributed by atoms with Crippen LogP contribution in [-0.4, -0.2) is 15.5 Å². The second kappa shape index (κ2) is 5.79. The predicted molar refractivity (Wildman–Crippen MR) is 90.4 cm³/mol. The summed E-state index contributed by atoms with van der Waals surface area (Å²) in [5.41, 5.74) is 1.13. The average Bonchev–Trinajstić information content (AvgIpc) is 2.56. The maximum absolute atomic E-state index is 12.8. The molecule has 124 valence electrons. The lowest BCUT2D eigenvalue weighted by Gasteiger charge is -2.08. The van der Waals surface area contributed by atoms with Crippen molar-refractivity contribution in [3.63, 3.8) is 0 Å². The van der Waals surface area contributed by atoms with E-state index in [0.717, 1.165) is 11.1 Å². The molecule has 6 heteroatoms. The lowest BCUT2D eigenvalue weighted by Crippen LogP contribution is -2.14. The summed E-state index contributed by atoms with van der Waals surface area (Å²) in [6.45, 7) is 3.71. The first kappa shape index (κ1) is 16.3. The molecule has 0 saturated heterocycles. The zero-order valence-electron chi connectivity index (χ0n) is 13.5. The summed E-state index contributed by atoms with van der Waals surface area (Å²) in [5, 5.41) is 0.483. The molecular formula is C18H16O5S. The Kier molecular flexibility index (Phi) is 3.93. The van der Waals surface area contributed by atoms with Gasteiger partial charge < -0.3 is 9.15 Å². The molecule has 0 N–H and O–H groups in total. The number of ether oxygens (including phenoxy) is 1. The zero-order valence-corrected chi connectivity index (χ0v) is 14.3. The van der Waals surface area contributed by atoms with E-state index in [9.17, 15) is 13.2 Å². The molecule has 0 unspecified atom stereocenters. The van der Waals surface area contributed by atoms with Crippen LogP contribution < -0.4 is 10.4 Å². The van der Waals surface area contributed by atoms with Gasteiger partial charge in [0.2, 0.25) is 9.84 Å². The van der Waals surface area contributed by atoms with E-state index in [4.69, 9.17) is 9.15 Å². The Balaban J connectivity index is 2.26. The Morgan fingerprint density at radius 2 is 1.75 bits per heavy atom. The van der Waals surface area contributed by atoms with Crippen LogP contribution in [0.3, 0.4) is 0 Å². The molecule has 0 saturated carbocycles. The van der Waals surface area contributed by atoms with Gasteiger partial charge in [0.25, 0.3) is 0 Å². The molecule has 0 aliphatic carbocycles. The Morgan fingerprint density at radius 1 is 1.00 bits per heavy atom.